The molecule has 0 spiro atoms. The minimum absolute atomic E-state index is 0.0869. The fourth-order valence-corrected chi connectivity index (χ4v) is 2.59. The molecular formula is C17H20BrNO. The zero-order valence-electron chi connectivity index (χ0n) is 11.8. The van der Waals surface area contributed by atoms with E-state index in [1.54, 1.807) is 0 Å². The highest BCUT2D eigenvalue weighted by Crippen LogP contribution is 2.32. The average molecular weight is 334 g/mol. The summed E-state index contributed by atoms with van der Waals surface area (Å²) in [5.74, 6) is -0.0869. The third kappa shape index (κ3) is 3.29. The number of rotatable bonds is 4. The molecule has 0 saturated heterocycles. The van der Waals surface area contributed by atoms with Gasteiger partial charge in [0.15, 0.2) is 0 Å². The minimum Gasteiger partial charge on any atom is -0.388 e. The van der Waals surface area contributed by atoms with E-state index in [-0.39, 0.29) is 5.92 Å². The van der Waals surface area contributed by atoms with Crippen LogP contribution in [0.3, 0.4) is 0 Å². The van der Waals surface area contributed by atoms with Crippen LogP contribution in [0, 0.1) is 13.8 Å². The van der Waals surface area contributed by atoms with Gasteiger partial charge in [0.05, 0.1) is 6.10 Å². The van der Waals surface area contributed by atoms with Gasteiger partial charge in [-0.15, -0.1) is 0 Å². The molecule has 2 rings (SSSR count). The van der Waals surface area contributed by atoms with Crippen LogP contribution in [-0.4, -0.2) is 11.7 Å². The van der Waals surface area contributed by atoms with Crippen molar-refractivity contribution in [1.29, 1.82) is 0 Å². The molecule has 0 amide bonds. The predicted molar refractivity (Wildman–Crippen MR) is 86.8 cm³/mol. The molecule has 0 aliphatic carbocycles. The van der Waals surface area contributed by atoms with E-state index in [1.807, 2.05) is 37.3 Å². The van der Waals surface area contributed by atoms with Crippen LogP contribution in [0.5, 0.6) is 0 Å². The monoisotopic (exact) mass is 333 g/mol. The smallest absolute Gasteiger partial charge is 0.0870 e. The highest BCUT2D eigenvalue weighted by atomic mass is 79.9. The first kappa shape index (κ1) is 15.2. The van der Waals surface area contributed by atoms with Gasteiger partial charge in [0.1, 0.15) is 0 Å². The van der Waals surface area contributed by atoms with Gasteiger partial charge >= 0.3 is 0 Å². The Hall–Kier alpha value is -1.16. The first-order chi connectivity index (χ1) is 9.52. The molecule has 3 heteroatoms. The van der Waals surface area contributed by atoms with E-state index < -0.39 is 6.10 Å². The van der Waals surface area contributed by atoms with Crippen molar-refractivity contribution in [3.05, 3.63) is 69.2 Å². The van der Waals surface area contributed by atoms with Gasteiger partial charge in [-0.3, -0.25) is 0 Å². The highest BCUT2D eigenvalue weighted by Gasteiger charge is 2.21. The number of aryl methyl sites for hydroxylation is 2. The van der Waals surface area contributed by atoms with Crippen LogP contribution in [-0.2, 0) is 0 Å². The van der Waals surface area contributed by atoms with E-state index in [0.29, 0.717) is 6.54 Å². The third-order valence-electron chi connectivity index (χ3n) is 3.66. The van der Waals surface area contributed by atoms with Crippen LogP contribution in [0.25, 0.3) is 0 Å². The van der Waals surface area contributed by atoms with E-state index >= 15 is 0 Å². The molecule has 106 valence electrons. The number of aliphatic hydroxyl groups is 1. The molecule has 0 heterocycles. The molecule has 0 saturated carbocycles. The quantitative estimate of drug-likeness (QED) is 0.892. The molecule has 0 aromatic heterocycles. The van der Waals surface area contributed by atoms with Gasteiger partial charge in [-0.05, 0) is 36.6 Å². The van der Waals surface area contributed by atoms with E-state index in [4.69, 9.17) is 5.73 Å². The summed E-state index contributed by atoms with van der Waals surface area (Å²) in [5.41, 5.74) is 10.2. The lowest BCUT2D eigenvalue weighted by Gasteiger charge is -2.23. The molecule has 2 aromatic carbocycles. The number of aliphatic hydroxyl groups excluding tert-OH is 1. The van der Waals surface area contributed by atoms with Gasteiger partial charge in [0.2, 0.25) is 0 Å². The molecule has 2 aromatic rings. The van der Waals surface area contributed by atoms with Gasteiger partial charge in [0, 0.05) is 16.9 Å². The fourth-order valence-electron chi connectivity index (χ4n) is 2.35. The summed E-state index contributed by atoms with van der Waals surface area (Å²) >= 11 is 3.48. The Balaban J connectivity index is 2.30. The molecule has 2 atom stereocenters. The van der Waals surface area contributed by atoms with Gasteiger partial charge in [-0.25, -0.2) is 0 Å². The van der Waals surface area contributed by atoms with E-state index in [2.05, 4.69) is 35.0 Å². The van der Waals surface area contributed by atoms with E-state index in [1.165, 1.54) is 5.56 Å². The lowest BCUT2D eigenvalue weighted by Crippen LogP contribution is -2.20. The lowest BCUT2D eigenvalue weighted by atomic mass is 9.88. The van der Waals surface area contributed by atoms with Crippen molar-refractivity contribution in [3.63, 3.8) is 0 Å². The molecule has 0 aliphatic heterocycles. The summed E-state index contributed by atoms with van der Waals surface area (Å²) in [6.45, 7) is 4.48. The van der Waals surface area contributed by atoms with Crippen LogP contribution in [0.15, 0.2) is 46.9 Å². The Morgan fingerprint density at radius 3 is 2.20 bits per heavy atom. The summed E-state index contributed by atoms with van der Waals surface area (Å²) in [6, 6.07) is 14.1. The van der Waals surface area contributed by atoms with E-state index in [9.17, 15) is 5.11 Å². The summed E-state index contributed by atoms with van der Waals surface area (Å²) < 4.78 is 1.05. The first-order valence-electron chi connectivity index (χ1n) is 6.73. The Morgan fingerprint density at radius 2 is 1.65 bits per heavy atom. The topological polar surface area (TPSA) is 46.2 Å². The van der Waals surface area contributed by atoms with Gasteiger partial charge in [-0.2, -0.15) is 0 Å². The SMILES string of the molecule is Cc1ccc(C(CN)C(O)c2ccc(Br)c(C)c2)cc1. The highest BCUT2D eigenvalue weighted by molar-refractivity contribution is 9.10. The molecule has 3 N–H and O–H groups in total. The van der Waals surface area contributed by atoms with Crippen molar-refractivity contribution in [2.75, 3.05) is 6.54 Å². The predicted octanol–water partition coefficient (Wildman–Crippen LogP) is 3.84. The fraction of sp³-hybridized carbons (Fsp3) is 0.294. The first-order valence-corrected chi connectivity index (χ1v) is 7.53. The number of hydrogen-bond acceptors (Lipinski definition) is 2. The number of benzene rings is 2. The molecule has 2 unspecified atom stereocenters. The molecule has 0 fully saturated rings. The standard InChI is InChI=1S/C17H20BrNO/c1-11-3-5-13(6-4-11)15(10-19)17(20)14-7-8-16(18)12(2)9-14/h3-9,15,17,20H,10,19H2,1-2H3. The van der Waals surface area contributed by atoms with Gasteiger partial charge < -0.3 is 10.8 Å². The molecule has 20 heavy (non-hydrogen) atoms. The Morgan fingerprint density at radius 1 is 1.05 bits per heavy atom. The maximum Gasteiger partial charge on any atom is 0.0870 e. The normalized spacial score (nSPS) is 14.1. The number of hydrogen-bond donors (Lipinski definition) is 2. The van der Waals surface area contributed by atoms with Crippen molar-refractivity contribution < 1.29 is 5.11 Å². The molecule has 0 aliphatic rings. The zero-order valence-corrected chi connectivity index (χ0v) is 13.4. The molecule has 0 radical (unpaired) electrons. The van der Waals surface area contributed by atoms with Crippen molar-refractivity contribution in [2.24, 2.45) is 5.73 Å². The van der Waals surface area contributed by atoms with Crippen molar-refractivity contribution in [3.8, 4) is 0 Å². The second-order valence-corrected chi connectivity index (χ2v) is 6.06. The minimum atomic E-state index is -0.588. The van der Waals surface area contributed by atoms with Crippen LogP contribution in [0.2, 0.25) is 0 Å². The average Bonchev–Trinajstić information content (AvgIpc) is 2.44. The summed E-state index contributed by atoms with van der Waals surface area (Å²) in [5, 5.41) is 10.6. The van der Waals surface area contributed by atoms with Crippen LogP contribution < -0.4 is 5.73 Å². The van der Waals surface area contributed by atoms with Crippen LogP contribution in [0.4, 0.5) is 0 Å². The van der Waals surface area contributed by atoms with Gasteiger partial charge in [0.25, 0.3) is 0 Å². The summed E-state index contributed by atoms with van der Waals surface area (Å²) in [7, 11) is 0. The Labute approximate surface area is 128 Å². The van der Waals surface area contributed by atoms with Gasteiger partial charge in [-0.1, -0.05) is 57.9 Å². The molecule has 2 nitrogen and oxygen atoms in total. The van der Waals surface area contributed by atoms with Crippen LogP contribution >= 0.6 is 15.9 Å². The number of nitrogens with two attached hydrogens (primary N) is 1. The van der Waals surface area contributed by atoms with Crippen molar-refractivity contribution in [1.82, 2.24) is 0 Å². The largest absolute Gasteiger partial charge is 0.388 e. The van der Waals surface area contributed by atoms with Crippen LogP contribution in [0.1, 0.15) is 34.3 Å². The lowest BCUT2D eigenvalue weighted by molar-refractivity contribution is 0.147. The Bertz CT molecular complexity index is 580. The van der Waals surface area contributed by atoms with E-state index in [0.717, 1.165) is 21.2 Å². The summed E-state index contributed by atoms with van der Waals surface area (Å²) in [4.78, 5) is 0. The second-order valence-electron chi connectivity index (χ2n) is 5.21. The second kappa shape index (κ2) is 6.53. The zero-order chi connectivity index (χ0) is 14.7. The van der Waals surface area contributed by atoms with Crippen molar-refractivity contribution in [2.45, 2.75) is 25.9 Å². The third-order valence-corrected chi connectivity index (χ3v) is 4.55. The number of halogens is 1. The van der Waals surface area contributed by atoms with Crippen molar-refractivity contribution >= 4 is 15.9 Å². The molecule has 0 bridgehead atoms. The summed E-state index contributed by atoms with van der Waals surface area (Å²) in [6.07, 6.45) is -0.588. The Kier molecular flexibility index (Phi) is 4.97. The maximum absolute atomic E-state index is 10.6. The molecular weight excluding hydrogens is 314 g/mol. The maximum atomic E-state index is 10.6.